The van der Waals surface area contributed by atoms with Crippen molar-refractivity contribution in [1.29, 1.82) is 0 Å². The van der Waals surface area contributed by atoms with Crippen LogP contribution in [0.25, 0.3) is 5.69 Å². The number of benzene rings is 1. The van der Waals surface area contributed by atoms with Gasteiger partial charge in [-0.3, -0.25) is 4.90 Å². The van der Waals surface area contributed by atoms with Crippen LogP contribution in [0.5, 0.6) is 0 Å². The van der Waals surface area contributed by atoms with Crippen LogP contribution in [0, 0.1) is 0 Å². The largest absolute Gasteiger partial charge is 0.329 e. The maximum Gasteiger partial charge on any atom is 0.0645 e. The lowest BCUT2D eigenvalue weighted by Crippen LogP contribution is -2.34. The monoisotopic (exact) mass is 286 g/mol. The molecule has 1 unspecified atom stereocenters. The van der Waals surface area contributed by atoms with Crippen LogP contribution >= 0.6 is 0 Å². The zero-order valence-electron chi connectivity index (χ0n) is 13.1. The Kier molecular flexibility index (Phi) is 5.96. The lowest BCUT2D eigenvalue weighted by Gasteiger charge is -2.29. The van der Waals surface area contributed by atoms with Gasteiger partial charge in [-0.1, -0.05) is 32.0 Å². The van der Waals surface area contributed by atoms with Crippen molar-refractivity contribution >= 4 is 0 Å². The first-order valence-electron chi connectivity index (χ1n) is 7.84. The first-order valence-corrected chi connectivity index (χ1v) is 7.84. The first kappa shape index (κ1) is 15.7. The van der Waals surface area contributed by atoms with Gasteiger partial charge in [0.15, 0.2) is 0 Å². The molecule has 2 rings (SSSR count). The Morgan fingerprint density at radius 1 is 1.14 bits per heavy atom. The highest BCUT2D eigenvalue weighted by atomic mass is 15.3. The summed E-state index contributed by atoms with van der Waals surface area (Å²) in [6, 6.07) is 10.4. The van der Waals surface area contributed by atoms with E-state index in [-0.39, 0.29) is 6.04 Å². The van der Waals surface area contributed by atoms with Crippen molar-refractivity contribution in [3.8, 4) is 5.69 Å². The molecule has 0 saturated heterocycles. The minimum atomic E-state index is 0.252. The molecule has 2 aromatic rings. The van der Waals surface area contributed by atoms with Crippen molar-refractivity contribution in [1.82, 2.24) is 14.7 Å². The van der Waals surface area contributed by atoms with Crippen LogP contribution in [0.1, 0.15) is 38.3 Å². The summed E-state index contributed by atoms with van der Waals surface area (Å²) in [5.41, 5.74) is 8.31. The van der Waals surface area contributed by atoms with E-state index < -0.39 is 0 Å². The van der Waals surface area contributed by atoms with Gasteiger partial charge in [0, 0.05) is 18.3 Å². The SMILES string of the molecule is CCCN(CCC)C(CN)c1cnn(-c2ccccc2)c1. The Bertz CT molecular complexity index is 515. The maximum atomic E-state index is 6.04. The molecule has 0 aliphatic heterocycles. The van der Waals surface area contributed by atoms with Crippen LogP contribution in [0.3, 0.4) is 0 Å². The molecule has 0 bridgehead atoms. The second-order valence-corrected chi connectivity index (χ2v) is 5.34. The van der Waals surface area contributed by atoms with Crippen LogP contribution in [0.4, 0.5) is 0 Å². The van der Waals surface area contributed by atoms with E-state index >= 15 is 0 Å². The highest BCUT2D eigenvalue weighted by Crippen LogP contribution is 2.21. The topological polar surface area (TPSA) is 47.1 Å². The number of para-hydroxylation sites is 1. The quantitative estimate of drug-likeness (QED) is 0.811. The second kappa shape index (κ2) is 7.96. The predicted molar refractivity (Wildman–Crippen MR) is 87.5 cm³/mol. The molecule has 0 fully saturated rings. The third-order valence-electron chi connectivity index (χ3n) is 3.69. The third kappa shape index (κ3) is 3.93. The maximum absolute atomic E-state index is 6.04. The fourth-order valence-corrected chi connectivity index (χ4v) is 2.72. The van der Waals surface area contributed by atoms with Crippen LogP contribution < -0.4 is 5.73 Å². The lowest BCUT2D eigenvalue weighted by atomic mass is 10.1. The average molecular weight is 286 g/mol. The van der Waals surface area contributed by atoms with Crippen LogP contribution in [0.2, 0.25) is 0 Å². The summed E-state index contributed by atoms with van der Waals surface area (Å²) in [4.78, 5) is 2.46. The van der Waals surface area contributed by atoms with Gasteiger partial charge >= 0.3 is 0 Å². The fraction of sp³-hybridized carbons (Fsp3) is 0.471. The number of nitrogens with two attached hydrogens (primary N) is 1. The molecule has 0 spiro atoms. The van der Waals surface area contributed by atoms with Crippen LogP contribution in [0.15, 0.2) is 42.7 Å². The summed E-state index contributed by atoms with van der Waals surface area (Å²) < 4.78 is 1.92. The van der Waals surface area contributed by atoms with E-state index in [0.29, 0.717) is 6.54 Å². The number of nitrogens with zero attached hydrogens (tertiary/aromatic N) is 3. The normalized spacial score (nSPS) is 12.8. The van der Waals surface area contributed by atoms with Crippen molar-refractivity contribution in [3.05, 3.63) is 48.3 Å². The molecular weight excluding hydrogens is 260 g/mol. The smallest absolute Gasteiger partial charge is 0.0645 e. The molecular formula is C17H26N4. The molecule has 0 saturated carbocycles. The molecule has 4 heteroatoms. The molecule has 1 atom stereocenters. The van der Waals surface area contributed by atoms with Crippen LogP contribution in [-0.4, -0.2) is 34.3 Å². The summed E-state index contributed by atoms with van der Waals surface area (Å²) in [5, 5.41) is 4.49. The molecule has 0 aliphatic carbocycles. The molecule has 2 N–H and O–H groups in total. The molecule has 4 nitrogen and oxygen atoms in total. The van der Waals surface area contributed by atoms with Crippen molar-refractivity contribution in [2.75, 3.05) is 19.6 Å². The molecule has 1 aromatic heterocycles. The van der Waals surface area contributed by atoms with E-state index in [4.69, 9.17) is 5.73 Å². The lowest BCUT2D eigenvalue weighted by molar-refractivity contribution is 0.202. The third-order valence-corrected chi connectivity index (χ3v) is 3.69. The standard InChI is InChI=1S/C17H26N4/c1-3-10-20(11-4-2)17(12-18)15-13-19-21(14-15)16-8-6-5-7-9-16/h5-9,13-14,17H,3-4,10-12,18H2,1-2H3. The highest BCUT2D eigenvalue weighted by Gasteiger charge is 2.19. The van der Waals surface area contributed by atoms with Gasteiger partial charge < -0.3 is 5.73 Å². The van der Waals surface area contributed by atoms with Gasteiger partial charge in [-0.15, -0.1) is 0 Å². The van der Waals surface area contributed by atoms with E-state index in [9.17, 15) is 0 Å². The molecule has 0 radical (unpaired) electrons. The van der Waals surface area contributed by atoms with Crippen LogP contribution in [-0.2, 0) is 0 Å². The van der Waals surface area contributed by atoms with Crippen molar-refractivity contribution < 1.29 is 0 Å². The zero-order valence-corrected chi connectivity index (χ0v) is 13.1. The predicted octanol–water partition coefficient (Wildman–Crippen LogP) is 2.99. The molecule has 21 heavy (non-hydrogen) atoms. The van der Waals surface area contributed by atoms with Crippen molar-refractivity contribution in [2.45, 2.75) is 32.7 Å². The minimum Gasteiger partial charge on any atom is -0.329 e. The summed E-state index contributed by atoms with van der Waals surface area (Å²) in [6.07, 6.45) is 6.33. The van der Waals surface area contributed by atoms with Gasteiger partial charge in [0.1, 0.15) is 0 Å². The van der Waals surface area contributed by atoms with E-state index in [1.807, 2.05) is 29.1 Å². The Labute approximate surface area is 127 Å². The number of hydrogen-bond donors (Lipinski definition) is 1. The van der Waals surface area contributed by atoms with Gasteiger partial charge in [-0.05, 0) is 38.1 Å². The van der Waals surface area contributed by atoms with E-state index in [0.717, 1.165) is 31.6 Å². The molecule has 0 aliphatic rings. The van der Waals surface area contributed by atoms with E-state index in [2.05, 4.69) is 42.2 Å². The van der Waals surface area contributed by atoms with Crippen molar-refractivity contribution in [2.24, 2.45) is 5.73 Å². The van der Waals surface area contributed by atoms with E-state index in [1.54, 1.807) is 0 Å². The summed E-state index contributed by atoms with van der Waals surface area (Å²) in [6.45, 7) is 7.20. The fourth-order valence-electron chi connectivity index (χ4n) is 2.72. The highest BCUT2D eigenvalue weighted by molar-refractivity contribution is 5.31. The summed E-state index contributed by atoms with van der Waals surface area (Å²) in [7, 11) is 0. The molecule has 1 aromatic carbocycles. The Morgan fingerprint density at radius 2 is 1.81 bits per heavy atom. The van der Waals surface area contributed by atoms with Gasteiger partial charge in [0.25, 0.3) is 0 Å². The second-order valence-electron chi connectivity index (χ2n) is 5.34. The number of hydrogen-bond acceptors (Lipinski definition) is 3. The number of aromatic nitrogens is 2. The average Bonchev–Trinajstić information content (AvgIpc) is 2.99. The van der Waals surface area contributed by atoms with E-state index in [1.165, 1.54) is 5.56 Å². The first-order chi connectivity index (χ1) is 10.3. The minimum absolute atomic E-state index is 0.252. The molecule has 1 heterocycles. The Hall–Kier alpha value is -1.65. The van der Waals surface area contributed by atoms with Gasteiger partial charge in [-0.2, -0.15) is 5.10 Å². The Balaban J connectivity index is 2.20. The number of rotatable bonds is 8. The summed E-state index contributed by atoms with van der Waals surface area (Å²) in [5.74, 6) is 0. The zero-order chi connectivity index (χ0) is 15.1. The van der Waals surface area contributed by atoms with Gasteiger partial charge in [0.2, 0.25) is 0 Å². The van der Waals surface area contributed by atoms with Crippen molar-refractivity contribution in [3.63, 3.8) is 0 Å². The molecule has 114 valence electrons. The summed E-state index contributed by atoms with van der Waals surface area (Å²) >= 11 is 0. The molecule has 0 amide bonds. The Morgan fingerprint density at radius 3 is 2.38 bits per heavy atom. The van der Waals surface area contributed by atoms with Gasteiger partial charge in [0.05, 0.1) is 17.9 Å². The van der Waals surface area contributed by atoms with Gasteiger partial charge in [-0.25, -0.2) is 4.68 Å².